The Balaban J connectivity index is 1.66. The number of hydrogen-bond acceptors (Lipinski definition) is 4. The minimum atomic E-state index is -0.0135. The predicted octanol–water partition coefficient (Wildman–Crippen LogP) is 4.39. The number of hydrogen-bond donors (Lipinski definition) is 2. The molecule has 0 atom stereocenters. The van der Waals surface area contributed by atoms with Gasteiger partial charge in [-0.2, -0.15) is 0 Å². The van der Waals surface area contributed by atoms with E-state index in [-0.39, 0.29) is 11.7 Å². The number of anilines is 2. The van der Waals surface area contributed by atoms with E-state index in [1.54, 1.807) is 37.2 Å². The molecule has 4 rings (SSSR count). The molecule has 29 heavy (non-hydrogen) atoms. The predicted molar refractivity (Wildman–Crippen MR) is 116 cm³/mol. The third kappa shape index (κ3) is 3.65. The molecule has 0 saturated carbocycles. The van der Waals surface area contributed by atoms with Gasteiger partial charge in [-0.05, 0) is 35.9 Å². The van der Waals surface area contributed by atoms with E-state index in [1.807, 2.05) is 49.6 Å². The molecule has 0 aliphatic carbocycles. The van der Waals surface area contributed by atoms with Gasteiger partial charge >= 0.3 is 0 Å². The van der Waals surface area contributed by atoms with Crippen LogP contribution in [0.25, 0.3) is 22.2 Å². The molecule has 1 amide bonds. The quantitative estimate of drug-likeness (QED) is 0.546. The van der Waals surface area contributed by atoms with Crippen LogP contribution in [-0.4, -0.2) is 39.6 Å². The number of fused-ring (bicyclic) bond motifs is 1. The summed E-state index contributed by atoms with van der Waals surface area (Å²) in [7, 11) is 5.50. The first kappa shape index (κ1) is 18.6. The van der Waals surface area contributed by atoms with E-state index in [0.717, 1.165) is 27.8 Å². The number of benzene rings is 2. The SMILES string of the molecule is CN(C)C(=O)c1ccc(-c2cc3cnc(Nc4cccc(O)c4)cc3n2C)cc1. The maximum atomic E-state index is 12.1. The number of nitrogens with one attached hydrogen (secondary N) is 1. The van der Waals surface area contributed by atoms with Gasteiger partial charge in [-0.25, -0.2) is 4.98 Å². The van der Waals surface area contributed by atoms with Crippen LogP contribution in [0.2, 0.25) is 0 Å². The van der Waals surface area contributed by atoms with Crippen LogP contribution >= 0.6 is 0 Å². The summed E-state index contributed by atoms with van der Waals surface area (Å²) in [5.41, 5.74) is 4.54. The second-order valence-corrected chi connectivity index (χ2v) is 7.17. The lowest BCUT2D eigenvalue weighted by molar-refractivity contribution is 0.0827. The molecule has 0 aliphatic rings. The topological polar surface area (TPSA) is 70.4 Å². The van der Waals surface area contributed by atoms with E-state index in [1.165, 1.54) is 0 Å². The lowest BCUT2D eigenvalue weighted by Crippen LogP contribution is -2.21. The number of phenolic OH excluding ortho intramolecular Hbond substituents is 1. The summed E-state index contributed by atoms with van der Waals surface area (Å²) in [6, 6.07) is 18.6. The molecule has 4 aromatic rings. The highest BCUT2D eigenvalue weighted by atomic mass is 16.3. The van der Waals surface area contributed by atoms with E-state index >= 15 is 0 Å². The first-order valence-corrected chi connectivity index (χ1v) is 9.26. The van der Waals surface area contributed by atoms with Crippen molar-refractivity contribution in [3.8, 4) is 17.0 Å². The van der Waals surface area contributed by atoms with Crippen molar-refractivity contribution in [3.05, 3.63) is 72.4 Å². The molecule has 6 heteroatoms. The zero-order valence-electron chi connectivity index (χ0n) is 16.5. The molecular weight excluding hydrogens is 364 g/mol. The van der Waals surface area contributed by atoms with Crippen LogP contribution in [0.15, 0.2) is 66.9 Å². The minimum absolute atomic E-state index is 0.0135. The van der Waals surface area contributed by atoms with Crippen molar-refractivity contribution in [1.29, 1.82) is 0 Å². The van der Waals surface area contributed by atoms with E-state index in [0.29, 0.717) is 11.4 Å². The summed E-state index contributed by atoms with van der Waals surface area (Å²) in [6.45, 7) is 0. The number of aromatic hydroxyl groups is 1. The third-order valence-corrected chi connectivity index (χ3v) is 4.88. The zero-order valence-corrected chi connectivity index (χ0v) is 16.5. The fourth-order valence-electron chi connectivity index (χ4n) is 3.35. The second kappa shape index (κ2) is 7.31. The molecule has 6 nitrogen and oxygen atoms in total. The lowest BCUT2D eigenvalue weighted by atomic mass is 10.1. The van der Waals surface area contributed by atoms with Gasteiger partial charge in [0.1, 0.15) is 11.6 Å². The summed E-state index contributed by atoms with van der Waals surface area (Å²) in [5, 5.41) is 13.9. The van der Waals surface area contributed by atoms with Crippen LogP contribution in [0.1, 0.15) is 10.4 Å². The fraction of sp³-hybridized carbons (Fsp3) is 0.130. The van der Waals surface area contributed by atoms with Crippen molar-refractivity contribution in [1.82, 2.24) is 14.5 Å². The number of rotatable bonds is 4. The standard InChI is InChI=1S/C23H22N4O2/c1-26(2)23(29)16-9-7-15(8-10-16)20-11-17-14-24-22(13-21(17)27(20)3)25-18-5-4-6-19(28)12-18/h4-14,28H,1-3H3,(H,24,25). The number of nitrogens with zero attached hydrogens (tertiary/aromatic N) is 3. The number of aryl methyl sites for hydroxylation is 1. The van der Waals surface area contributed by atoms with Gasteiger partial charge in [0.25, 0.3) is 5.91 Å². The lowest BCUT2D eigenvalue weighted by Gasteiger charge is -2.11. The summed E-state index contributed by atoms with van der Waals surface area (Å²) in [5.74, 6) is 0.886. The number of aromatic nitrogens is 2. The van der Waals surface area contributed by atoms with Gasteiger partial charge in [0.05, 0.1) is 5.52 Å². The average Bonchev–Trinajstić information content (AvgIpc) is 3.04. The Bertz CT molecular complexity index is 1190. The van der Waals surface area contributed by atoms with Crippen molar-refractivity contribution in [2.24, 2.45) is 7.05 Å². The maximum Gasteiger partial charge on any atom is 0.253 e. The van der Waals surface area contributed by atoms with Crippen LogP contribution in [0.5, 0.6) is 5.75 Å². The molecule has 0 fully saturated rings. The number of pyridine rings is 1. The first-order valence-electron chi connectivity index (χ1n) is 9.26. The Kier molecular flexibility index (Phi) is 4.68. The second-order valence-electron chi connectivity index (χ2n) is 7.17. The molecule has 0 bridgehead atoms. The summed E-state index contributed by atoms with van der Waals surface area (Å²) in [6.07, 6.45) is 1.83. The van der Waals surface area contributed by atoms with Crippen molar-refractivity contribution < 1.29 is 9.90 Å². The minimum Gasteiger partial charge on any atom is -0.508 e. The van der Waals surface area contributed by atoms with E-state index in [4.69, 9.17) is 0 Å². The molecule has 0 aliphatic heterocycles. The maximum absolute atomic E-state index is 12.1. The highest BCUT2D eigenvalue weighted by Gasteiger charge is 2.12. The molecule has 0 unspecified atom stereocenters. The monoisotopic (exact) mass is 386 g/mol. The van der Waals surface area contributed by atoms with Crippen molar-refractivity contribution in [2.45, 2.75) is 0 Å². The average molecular weight is 386 g/mol. The highest BCUT2D eigenvalue weighted by molar-refractivity contribution is 5.95. The molecule has 2 aromatic carbocycles. The highest BCUT2D eigenvalue weighted by Crippen LogP contribution is 2.29. The fourth-order valence-corrected chi connectivity index (χ4v) is 3.35. The third-order valence-electron chi connectivity index (χ3n) is 4.88. The summed E-state index contributed by atoms with van der Waals surface area (Å²) < 4.78 is 2.10. The van der Waals surface area contributed by atoms with Gasteiger partial charge in [-0.1, -0.05) is 18.2 Å². The van der Waals surface area contributed by atoms with Crippen molar-refractivity contribution in [2.75, 3.05) is 19.4 Å². The molecule has 0 radical (unpaired) electrons. The van der Waals surface area contributed by atoms with Crippen molar-refractivity contribution in [3.63, 3.8) is 0 Å². The summed E-state index contributed by atoms with van der Waals surface area (Å²) in [4.78, 5) is 18.1. The molecule has 2 aromatic heterocycles. The molecular formula is C23H22N4O2. The number of amides is 1. The van der Waals surface area contributed by atoms with Gasteiger partial charge in [0.2, 0.25) is 0 Å². The number of carbonyl (C=O) groups is 1. The molecule has 0 saturated heterocycles. The van der Waals surface area contributed by atoms with Crippen LogP contribution in [0, 0.1) is 0 Å². The summed E-state index contributed by atoms with van der Waals surface area (Å²) >= 11 is 0. The van der Waals surface area contributed by atoms with E-state index < -0.39 is 0 Å². The van der Waals surface area contributed by atoms with Gasteiger partial charge in [-0.15, -0.1) is 0 Å². The van der Waals surface area contributed by atoms with Gasteiger partial charge < -0.3 is 19.9 Å². The van der Waals surface area contributed by atoms with Crippen LogP contribution in [-0.2, 0) is 7.05 Å². The number of carbonyl (C=O) groups excluding carboxylic acids is 1. The van der Waals surface area contributed by atoms with Crippen molar-refractivity contribution >= 4 is 28.3 Å². The Morgan fingerprint density at radius 3 is 2.52 bits per heavy atom. The number of phenols is 1. The molecule has 2 N–H and O–H groups in total. The van der Waals surface area contributed by atoms with Crippen LogP contribution in [0.3, 0.4) is 0 Å². The normalized spacial score (nSPS) is 10.9. The Labute approximate surface area is 169 Å². The smallest absolute Gasteiger partial charge is 0.253 e. The van der Waals surface area contributed by atoms with Gasteiger partial charge in [0, 0.05) is 61.8 Å². The van der Waals surface area contributed by atoms with Gasteiger partial charge in [0.15, 0.2) is 0 Å². The van der Waals surface area contributed by atoms with Crippen LogP contribution < -0.4 is 5.32 Å². The van der Waals surface area contributed by atoms with E-state index in [2.05, 4.69) is 20.9 Å². The Hall–Kier alpha value is -3.80. The largest absolute Gasteiger partial charge is 0.508 e. The van der Waals surface area contributed by atoms with Crippen LogP contribution in [0.4, 0.5) is 11.5 Å². The molecule has 0 spiro atoms. The Morgan fingerprint density at radius 2 is 1.83 bits per heavy atom. The van der Waals surface area contributed by atoms with Gasteiger partial charge in [-0.3, -0.25) is 4.79 Å². The Morgan fingerprint density at radius 1 is 1.07 bits per heavy atom. The van der Waals surface area contributed by atoms with E-state index in [9.17, 15) is 9.90 Å². The zero-order chi connectivity index (χ0) is 20.5. The first-order chi connectivity index (χ1) is 13.9. The molecule has 2 heterocycles. The molecule has 146 valence electrons.